The molecule has 2 unspecified atom stereocenters. The summed E-state index contributed by atoms with van der Waals surface area (Å²) in [5.41, 5.74) is 0. The van der Waals surface area contributed by atoms with Gasteiger partial charge in [0.05, 0.1) is 4.88 Å². The molecule has 5 heteroatoms. The van der Waals surface area contributed by atoms with Gasteiger partial charge in [0.15, 0.2) is 0 Å². The molecule has 0 bridgehead atoms. The maximum atomic E-state index is 13.2. The monoisotopic (exact) mass is 325 g/mol. The molecule has 112 valence electrons. The van der Waals surface area contributed by atoms with Gasteiger partial charge in [-0.2, -0.15) is 0 Å². The molecule has 0 radical (unpaired) electrons. The van der Waals surface area contributed by atoms with Crippen LogP contribution in [0.15, 0.2) is 24.3 Å². The summed E-state index contributed by atoms with van der Waals surface area (Å²) >= 11 is 7.29. The number of fused-ring (bicyclic) bond motifs is 1. The Bertz CT molecular complexity index is 657. The predicted molar refractivity (Wildman–Crippen MR) is 85.7 cm³/mol. The van der Waals surface area contributed by atoms with Crippen LogP contribution in [0, 0.1) is 17.7 Å². The number of carbonyl (C=O) groups is 1. The standard InChI is InChI=1S/C16H17ClFNOS/c17-8-11-2-1-3-12(11)9-19-16(20)15-6-10-4-5-13(18)7-14(10)21-15/h4-7,11-12H,1-3,8-9H2,(H,19,20). The molecule has 1 fully saturated rings. The van der Waals surface area contributed by atoms with Gasteiger partial charge in [-0.15, -0.1) is 22.9 Å². The van der Waals surface area contributed by atoms with Gasteiger partial charge in [0.25, 0.3) is 5.91 Å². The van der Waals surface area contributed by atoms with E-state index in [1.165, 1.54) is 29.9 Å². The molecule has 1 amide bonds. The SMILES string of the molecule is O=C(NCC1CCCC1CCl)c1cc2ccc(F)cc2s1. The minimum absolute atomic E-state index is 0.0724. The summed E-state index contributed by atoms with van der Waals surface area (Å²) in [7, 11) is 0. The fourth-order valence-corrected chi connectivity index (χ4v) is 4.42. The van der Waals surface area contributed by atoms with Crippen molar-refractivity contribution < 1.29 is 9.18 Å². The highest BCUT2D eigenvalue weighted by Gasteiger charge is 2.26. The van der Waals surface area contributed by atoms with Crippen molar-refractivity contribution in [1.82, 2.24) is 5.32 Å². The normalized spacial score (nSPS) is 21.8. The number of nitrogens with one attached hydrogen (secondary N) is 1. The van der Waals surface area contributed by atoms with Crippen molar-refractivity contribution in [3.63, 3.8) is 0 Å². The van der Waals surface area contributed by atoms with E-state index in [0.717, 1.165) is 22.9 Å². The highest BCUT2D eigenvalue weighted by atomic mass is 35.5. The zero-order valence-corrected chi connectivity index (χ0v) is 13.1. The molecule has 0 saturated heterocycles. The van der Waals surface area contributed by atoms with Crippen molar-refractivity contribution in [3.8, 4) is 0 Å². The van der Waals surface area contributed by atoms with Crippen LogP contribution in [0.5, 0.6) is 0 Å². The third-order valence-electron chi connectivity index (χ3n) is 4.25. The van der Waals surface area contributed by atoms with E-state index in [9.17, 15) is 9.18 Å². The van der Waals surface area contributed by atoms with Crippen molar-refractivity contribution in [1.29, 1.82) is 0 Å². The van der Waals surface area contributed by atoms with E-state index in [1.54, 1.807) is 6.07 Å². The van der Waals surface area contributed by atoms with Gasteiger partial charge in [-0.3, -0.25) is 4.79 Å². The van der Waals surface area contributed by atoms with Crippen LogP contribution >= 0.6 is 22.9 Å². The molecule has 2 atom stereocenters. The van der Waals surface area contributed by atoms with E-state index in [-0.39, 0.29) is 11.7 Å². The highest BCUT2D eigenvalue weighted by Crippen LogP contribution is 2.32. The van der Waals surface area contributed by atoms with Gasteiger partial charge in [0.1, 0.15) is 5.82 Å². The molecule has 1 aliphatic carbocycles. The summed E-state index contributed by atoms with van der Waals surface area (Å²) in [4.78, 5) is 12.9. The van der Waals surface area contributed by atoms with E-state index in [4.69, 9.17) is 11.6 Å². The lowest BCUT2D eigenvalue weighted by molar-refractivity contribution is 0.0949. The second kappa shape index (κ2) is 6.32. The Hall–Kier alpha value is -1.13. The number of thiophene rings is 1. The molecule has 1 saturated carbocycles. The highest BCUT2D eigenvalue weighted by molar-refractivity contribution is 7.20. The number of carbonyl (C=O) groups excluding carboxylic acids is 1. The van der Waals surface area contributed by atoms with Gasteiger partial charge in [0.2, 0.25) is 0 Å². The molecule has 2 aromatic rings. The molecular weight excluding hydrogens is 309 g/mol. The van der Waals surface area contributed by atoms with Crippen LogP contribution in [0.1, 0.15) is 28.9 Å². The lowest BCUT2D eigenvalue weighted by Gasteiger charge is -2.17. The average molecular weight is 326 g/mol. The number of alkyl halides is 1. The summed E-state index contributed by atoms with van der Waals surface area (Å²) in [5.74, 6) is 1.33. The third kappa shape index (κ3) is 3.22. The predicted octanol–water partition coefficient (Wildman–Crippen LogP) is 4.43. The maximum absolute atomic E-state index is 13.2. The van der Waals surface area contributed by atoms with Crippen LogP contribution in [0.2, 0.25) is 0 Å². The Labute approximate surface area is 132 Å². The van der Waals surface area contributed by atoms with Crippen LogP contribution < -0.4 is 5.32 Å². The number of hydrogen-bond acceptors (Lipinski definition) is 2. The van der Waals surface area contributed by atoms with E-state index in [0.29, 0.717) is 29.1 Å². The van der Waals surface area contributed by atoms with Crippen molar-refractivity contribution in [2.24, 2.45) is 11.8 Å². The van der Waals surface area contributed by atoms with Crippen molar-refractivity contribution in [2.75, 3.05) is 12.4 Å². The van der Waals surface area contributed by atoms with E-state index >= 15 is 0 Å². The lowest BCUT2D eigenvalue weighted by atomic mass is 9.98. The third-order valence-corrected chi connectivity index (χ3v) is 5.74. The summed E-state index contributed by atoms with van der Waals surface area (Å²) in [6.45, 7) is 0.679. The Morgan fingerprint density at radius 1 is 1.33 bits per heavy atom. The van der Waals surface area contributed by atoms with E-state index in [2.05, 4.69) is 5.32 Å². The molecule has 3 rings (SSSR count). The van der Waals surface area contributed by atoms with Gasteiger partial charge in [-0.1, -0.05) is 12.5 Å². The first kappa shape index (κ1) is 14.8. The molecular formula is C16H17ClFNOS. The topological polar surface area (TPSA) is 29.1 Å². The Kier molecular flexibility index (Phi) is 4.45. The van der Waals surface area contributed by atoms with Crippen LogP contribution in [0.3, 0.4) is 0 Å². The second-order valence-electron chi connectivity index (χ2n) is 5.61. The molecule has 1 N–H and O–H groups in total. The molecule has 0 aliphatic heterocycles. The molecule has 1 aliphatic rings. The van der Waals surface area contributed by atoms with E-state index < -0.39 is 0 Å². The van der Waals surface area contributed by atoms with Crippen LogP contribution in [-0.2, 0) is 0 Å². The zero-order valence-electron chi connectivity index (χ0n) is 11.6. The average Bonchev–Trinajstić information content (AvgIpc) is 3.10. The molecule has 21 heavy (non-hydrogen) atoms. The van der Waals surface area contributed by atoms with E-state index in [1.807, 2.05) is 6.07 Å². The molecule has 1 heterocycles. The molecule has 1 aromatic heterocycles. The van der Waals surface area contributed by atoms with Crippen molar-refractivity contribution in [3.05, 3.63) is 35.0 Å². The summed E-state index contributed by atoms with van der Waals surface area (Å²) < 4.78 is 14.0. The van der Waals surface area contributed by atoms with Crippen LogP contribution in [0.4, 0.5) is 4.39 Å². The first-order valence-electron chi connectivity index (χ1n) is 7.20. The molecule has 2 nitrogen and oxygen atoms in total. The van der Waals surface area contributed by atoms with Crippen LogP contribution in [-0.4, -0.2) is 18.3 Å². The maximum Gasteiger partial charge on any atom is 0.261 e. The number of benzene rings is 1. The zero-order chi connectivity index (χ0) is 14.8. The summed E-state index contributed by atoms with van der Waals surface area (Å²) in [6.07, 6.45) is 3.49. The molecule has 0 spiro atoms. The van der Waals surface area contributed by atoms with Gasteiger partial charge in [-0.25, -0.2) is 4.39 Å². The van der Waals surface area contributed by atoms with Crippen molar-refractivity contribution >= 4 is 38.9 Å². The fraction of sp³-hybridized carbons (Fsp3) is 0.438. The number of hydrogen-bond donors (Lipinski definition) is 1. The quantitative estimate of drug-likeness (QED) is 0.828. The number of rotatable bonds is 4. The van der Waals surface area contributed by atoms with Gasteiger partial charge >= 0.3 is 0 Å². The Morgan fingerprint density at radius 2 is 2.14 bits per heavy atom. The molecule has 1 aromatic carbocycles. The first-order chi connectivity index (χ1) is 10.2. The summed E-state index contributed by atoms with van der Waals surface area (Å²) in [5, 5.41) is 3.91. The van der Waals surface area contributed by atoms with Crippen molar-refractivity contribution in [2.45, 2.75) is 19.3 Å². The fourth-order valence-electron chi connectivity index (χ4n) is 3.01. The second-order valence-corrected chi connectivity index (χ2v) is 7.00. The lowest BCUT2D eigenvalue weighted by Crippen LogP contribution is -2.30. The summed E-state index contributed by atoms with van der Waals surface area (Å²) in [6, 6.07) is 6.42. The minimum atomic E-state index is -0.271. The van der Waals surface area contributed by atoms with Gasteiger partial charge in [0, 0.05) is 17.1 Å². The number of amides is 1. The van der Waals surface area contributed by atoms with Crippen LogP contribution in [0.25, 0.3) is 10.1 Å². The van der Waals surface area contributed by atoms with Gasteiger partial charge < -0.3 is 5.32 Å². The smallest absolute Gasteiger partial charge is 0.261 e. The largest absolute Gasteiger partial charge is 0.351 e. The van der Waals surface area contributed by atoms with Gasteiger partial charge in [-0.05, 0) is 48.3 Å². The number of halogens is 2. The Balaban J connectivity index is 1.66. The Morgan fingerprint density at radius 3 is 2.95 bits per heavy atom. The minimum Gasteiger partial charge on any atom is -0.351 e. The first-order valence-corrected chi connectivity index (χ1v) is 8.55.